The lowest BCUT2D eigenvalue weighted by Crippen LogP contribution is -2.45. The Balaban J connectivity index is 1.57. The number of nitrogens with zero attached hydrogens (tertiary/aromatic N) is 1. The Morgan fingerprint density at radius 2 is 2.00 bits per heavy atom. The fourth-order valence-electron chi connectivity index (χ4n) is 2.86. The number of hydrogen-bond donors (Lipinski definition) is 1. The van der Waals surface area contributed by atoms with Gasteiger partial charge in [0.1, 0.15) is 11.3 Å². The second kappa shape index (κ2) is 6.78. The Morgan fingerprint density at radius 1 is 1.29 bits per heavy atom. The first-order valence-electron chi connectivity index (χ1n) is 7.83. The highest BCUT2D eigenvalue weighted by molar-refractivity contribution is 7.88. The van der Waals surface area contributed by atoms with Crippen LogP contribution in [0.25, 0.3) is 17.0 Å². The fourth-order valence-corrected chi connectivity index (χ4v) is 3.71. The predicted octanol–water partition coefficient (Wildman–Crippen LogP) is 1.99. The maximum absolute atomic E-state index is 12.2. The topological polar surface area (TPSA) is 79.6 Å². The molecule has 0 bridgehead atoms. The Bertz CT molecular complexity index is 829. The molecule has 2 heterocycles. The normalized spacial score (nSPS) is 17.0. The van der Waals surface area contributed by atoms with Crippen molar-refractivity contribution < 1.29 is 17.6 Å². The summed E-state index contributed by atoms with van der Waals surface area (Å²) in [5.41, 5.74) is 0.789. The number of amides is 1. The van der Waals surface area contributed by atoms with Gasteiger partial charge < -0.3 is 9.32 Å². The summed E-state index contributed by atoms with van der Waals surface area (Å²) < 4.78 is 30.7. The van der Waals surface area contributed by atoms with Crippen LogP contribution in [0.1, 0.15) is 18.6 Å². The van der Waals surface area contributed by atoms with Gasteiger partial charge in [0.05, 0.1) is 6.26 Å². The molecule has 0 saturated carbocycles. The molecule has 1 saturated heterocycles. The molecule has 3 rings (SSSR count). The fraction of sp³-hybridized carbons (Fsp3) is 0.353. The van der Waals surface area contributed by atoms with Crippen LogP contribution in [0.3, 0.4) is 0 Å². The summed E-state index contributed by atoms with van der Waals surface area (Å²) in [6, 6.07) is 9.47. The summed E-state index contributed by atoms with van der Waals surface area (Å²) >= 11 is 0. The van der Waals surface area contributed by atoms with Gasteiger partial charge in [-0.1, -0.05) is 18.2 Å². The molecule has 1 aliphatic rings. The minimum Gasteiger partial charge on any atom is -0.457 e. The molecule has 1 fully saturated rings. The molecule has 1 amide bonds. The predicted molar refractivity (Wildman–Crippen MR) is 92.8 cm³/mol. The quantitative estimate of drug-likeness (QED) is 0.857. The molecule has 128 valence electrons. The van der Waals surface area contributed by atoms with Gasteiger partial charge in [-0.2, -0.15) is 0 Å². The van der Waals surface area contributed by atoms with E-state index in [1.807, 2.05) is 30.3 Å². The second-order valence-corrected chi connectivity index (χ2v) is 7.79. The standard InChI is InChI=1S/C17H20N2O4S/c1-24(21,22)18-14-8-10-19(11-9-14)17(20)7-6-15-12-13-4-2-3-5-16(13)23-15/h2-7,12,14,18H,8-11H2,1H3/b7-6+. The van der Waals surface area contributed by atoms with Crippen LogP contribution in [0.2, 0.25) is 0 Å². The maximum atomic E-state index is 12.2. The van der Waals surface area contributed by atoms with E-state index in [4.69, 9.17) is 4.42 Å². The molecule has 0 spiro atoms. The molecule has 0 unspecified atom stereocenters. The first-order chi connectivity index (χ1) is 11.4. The molecule has 7 heteroatoms. The van der Waals surface area contributed by atoms with Crippen molar-refractivity contribution in [2.24, 2.45) is 0 Å². The van der Waals surface area contributed by atoms with E-state index in [-0.39, 0.29) is 11.9 Å². The van der Waals surface area contributed by atoms with Gasteiger partial charge in [0.2, 0.25) is 15.9 Å². The average molecular weight is 348 g/mol. The number of likely N-dealkylation sites (tertiary alicyclic amines) is 1. The van der Waals surface area contributed by atoms with Gasteiger partial charge in [0, 0.05) is 30.6 Å². The second-order valence-electron chi connectivity index (χ2n) is 6.01. The number of piperidine rings is 1. The minimum absolute atomic E-state index is 0.0896. The van der Waals surface area contributed by atoms with Gasteiger partial charge in [-0.3, -0.25) is 4.79 Å². The number of carbonyl (C=O) groups excluding carboxylic acids is 1. The number of benzene rings is 1. The lowest BCUT2D eigenvalue weighted by Gasteiger charge is -2.31. The van der Waals surface area contributed by atoms with Crippen LogP contribution in [0.5, 0.6) is 0 Å². The van der Waals surface area contributed by atoms with Gasteiger partial charge >= 0.3 is 0 Å². The van der Waals surface area contributed by atoms with Gasteiger partial charge in [0.25, 0.3) is 0 Å². The zero-order valence-corrected chi connectivity index (χ0v) is 14.3. The average Bonchev–Trinajstić information content (AvgIpc) is 2.94. The summed E-state index contributed by atoms with van der Waals surface area (Å²) in [4.78, 5) is 14.0. The third-order valence-corrected chi connectivity index (χ3v) is 4.78. The van der Waals surface area contributed by atoms with Gasteiger partial charge in [-0.05, 0) is 31.1 Å². The Hall–Kier alpha value is -2.12. The molecular weight excluding hydrogens is 328 g/mol. The summed E-state index contributed by atoms with van der Waals surface area (Å²) in [5, 5.41) is 0.997. The summed E-state index contributed by atoms with van der Waals surface area (Å²) in [7, 11) is -3.20. The first kappa shape index (κ1) is 16.7. The van der Waals surface area contributed by atoms with E-state index in [1.165, 1.54) is 6.08 Å². The maximum Gasteiger partial charge on any atom is 0.246 e. The number of fused-ring (bicyclic) bond motifs is 1. The number of rotatable bonds is 4. The van der Waals surface area contributed by atoms with Crippen LogP contribution in [0.15, 0.2) is 40.8 Å². The molecule has 24 heavy (non-hydrogen) atoms. The van der Waals surface area contributed by atoms with Crippen molar-refractivity contribution in [2.75, 3.05) is 19.3 Å². The summed E-state index contributed by atoms with van der Waals surface area (Å²) in [6.45, 7) is 1.08. The van der Waals surface area contributed by atoms with E-state index < -0.39 is 10.0 Å². The third-order valence-electron chi connectivity index (χ3n) is 4.02. The van der Waals surface area contributed by atoms with Crippen molar-refractivity contribution in [1.29, 1.82) is 0 Å². The molecule has 1 aromatic heterocycles. The van der Waals surface area contributed by atoms with Crippen LogP contribution in [0.4, 0.5) is 0 Å². The molecule has 2 aromatic rings. The number of para-hydroxylation sites is 1. The minimum atomic E-state index is -3.20. The van der Waals surface area contributed by atoms with Gasteiger partial charge in [-0.25, -0.2) is 13.1 Å². The van der Waals surface area contributed by atoms with Crippen LogP contribution in [-0.2, 0) is 14.8 Å². The van der Waals surface area contributed by atoms with E-state index in [0.29, 0.717) is 31.7 Å². The molecule has 1 N–H and O–H groups in total. The number of furan rings is 1. The summed E-state index contributed by atoms with van der Waals surface area (Å²) in [5.74, 6) is 0.548. The highest BCUT2D eigenvalue weighted by Crippen LogP contribution is 2.20. The molecule has 0 atom stereocenters. The van der Waals surface area contributed by atoms with Crippen molar-refractivity contribution in [3.05, 3.63) is 42.2 Å². The Morgan fingerprint density at radius 3 is 2.67 bits per heavy atom. The monoisotopic (exact) mass is 348 g/mol. The van der Waals surface area contributed by atoms with E-state index in [2.05, 4.69) is 4.72 Å². The largest absolute Gasteiger partial charge is 0.457 e. The molecule has 1 aliphatic heterocycles. The number of carbonyl (C=O) groups is 1. The van der Waals surface area contributed by atoms with Crippen LogP contribution in [0, 0.1) is 0 Å². The lowest BCUT2D eigenvalue weighted by atomic mass is 10.1. The van der Waals surface area contributed by atoms with Crippen LogP contribution < -0.4 is 4.72 Å². The smallest absolute Gasteiger partial charge is 0.246 e. The number of sulfonamides is 1. The third kappa shape index (κ3) is 4.24. The van der Waals surface area contributed by atoms with E-state index >= 15 is 0 Å². The zero-order chi connectivity index (χ0) is 17.2. The molecule has 6 nitrogen and oxygen atoms in total. The highest BCUT2D eigenvalue weighted by atomic mass is 32.2. The van der Waals surface area contributed by atoms with E-state index in [1.54, 1.807) is 11.0 Å². The molecular formula is C17H20N2O4S. The molecule has 1 aromatic carbocycles. The molecule has 0 radical (unpaired) electrons. The SMILES string of the molecule is CS(=O)(=O)NC1CCN(C(=O)/C=C/c2cc3ccccc3o2)CC1. The first-order valence-corrected chi connectivity index (χ1v) is 9.73. The Kier molecular flexibility index (Phi) is 4.73. The lowest BCUT2D eigenvalue weighted by molar-refractivity contribution is -0.126. The van der Waals surface area contributed by atoms with Crippen molar-refractivity contribution >= 4 is 33.0 Å². The number of nitrogens with one attached hydrogen (secondary N) is 1. The van der Waals surface area contributed by atoms with Crippen molar-refractivity contribution in [1.82, 2.24) is 9.62 Å². The van der Waals surface area contributed by atoms with E-state index in [9.17, 15) is 13.2 Å². The van der Waals surface area contributed by atoms with Crippen molar-refractivity contribution in [3.8, 4) is 0 Å². The van der Waals surface area contributed by atoms with Gasteiger partial charge in [0.15, 0.2) is 0 Å². The van der Waals surface area contributed by atoms with Crippen LogP contribution in [-0.4, -0.2) is 44.6 Å². The summed E-state index contributed by atoms with van der Waals surface area (Å²) in [6.07, 6.45) is 5.57. The van der Waals surface area contributed by atoms with Crippen molar-refractivity contribution in [2.45, 2.75) is 18.9 Å². The zero-order valence-electron chi connectivity index (χ0n) is 13.4. The van der Waals surface area contributed by atoms with E-state index in [0.717, 1.165) is 17.2 Å². The van der Waals surface area contributed by atoms with Crippen LogP contribution >= 0.6 is 0 Å². The Labute approximate surface area is 141 Å². The highest BCUT2D eigenvalue weighted by Gasteiger charge is 2.23. The number of hydrogen-bond acceptors (Lipinski definition) is 4. The molecule has 0 aliphatic carbocycles. The van der Waals surface area contributed by atoms with Crippen molar-refractivity contribution in [3.63, 3.8) is 0 Å². The van der Waals surface area contributed by atoms with Gasteiger partial charge in [-0.15, -0.1) is 0 Å².